The molecule has 1 heterocycles. The minimum Gasteiger partial charge on any atom is -0.490 e. The third-order valence-corrected chi connectivity index (χ3v) is 5.74. The number of ether oxygens (including phenoxy) is 4. The Bertz CT molecular complexity index is 1140. The zero-order chi connectivity index (χ0) is 25.0. The van der Waals surface area contributed by atoms with Crippen LogP contribution in [0, 0.1) is 0 Å². The molecule has 1 amide bonds. The van der Waals surface area contributed by atoms with Crippen molar-refractivity contribution in [2.24, 2.45) is 0 Å². The number of Topliss-reactive ketones (excluding diaryl/α,β-unsaturated/α-hetero) is 1. The predicted molar refractivity (Wildman–Crippen MR) is 131 cm³/mol. The van der Waals surface area contributed by atoms with Gasteiger partial charge in [0.15, 0.2) is 18.1 Å². The SMILES string of the molecule is CCOc1cc(C(=O)OCC(=O)c2ccc(CNC(C)=O)s2)ccc1OCCOc1ccccc1. The van der Waals surface area contributed by atoms with Gasteiger partial charge in [-0.2, -0.15) is 0 Å². The molecule has 2 aromatic carbocycles. The standard InChI is InChI=1S/C26H27NO7S/c1-3-31-24-15-19(9-11-23(24)33-14-13-32-20-7-5-4-6-8-20)26(30)34-17-22(29)25-12-10-21(35-25)16-27-18(2)28/h4-12,15H,3,13-14,16-17H2,1-2H3,(H,27,28). The van der Waals surface area contributed by atoms with E-state index in [9.17, 15) is 14.4 Å². The van der Waals surface area contributed by atoms with Gasteiger partial charge in [-0.1, -0.05) is 18.2 Å². The Balaban J connectivity index is 1.52. The van der Waals surface area contributed by atoms with Crippen LogP contribution < -0.4 is 19.5 Å². The maximum atomic E-state index is 12.5. The lowest BCUT2D eigenvalue weighted by molar-refractivity contribution is -0.119. The van der Waals surface area contributed by atoms with E-state index in [0.717, 1.165) is 10.6 Å². The fraction of sp³-hybridized carbons (Fsp3) is 0.269. The highest BCUT2D eigenvalue weighted by molar-refractivity contribution is 7.14. The molecule has 0 aliphatic heterocycles. The van der Waals surface area contributed by atoms with Gasteiger partial charge >= 0.3 is 5.97 Å². The summed E-state index contributed by atoms with van der Waals surface area (Å²) in [5, 5.41) is 2.68. The molecule has 0 spiro atoms. The number of rotatable bonds is 13. The van der Waals surface area contributed by atoms with E-state index in [1.165, 1.54) is 24.3 Å². The molecule has 0 fully saturated rings. The molecule has 0 unspecified atom stereocenters. The number of esters is 1. The fourth-order valence-electron chi connectivity index (χ4n) is 2.97. The maximum Gasteiger partial charge on any atom is 0.338 e. The van der Waals surface area contributed by atoms with Gasteiger partial charge in [0.25, 0.3) is 0 Å². The highest BCUT2D eigenvalue weighted by atomic mass is 32.1. The second-order valence-electron chi connectivity index (χ2n) is 7.28. The molecule has 3 aromatic rings. The van der Waals surface area contributed by atoms with E-state index < -0.39 is 12.6 Å². The number of thiophene rings is 1. The highest BCUT2D eigenvalue weighted by Crippen LogP contribution is 2.29. The molecule has 1 aromatic heterocycles. The Morgan fingerprint density at radius 2 is 1.66 bits per heavy atom. The van der Waals surface area contributed by atoms with Crippen LogP contribution in [0.4, 0.5) is 0 Å². The van der Waals surface area contributed by atoms with E-state index >= 15 is 0 Å². The molecule has 0 aliphatic rings. The van der Waals surface area contributed by atoms with E-state index in [2.05, 4.69) is 5.32 Å². The molecular weight excluding hydrogens is 470 g/mol. The van der Waals surface area contributed by atoms with Crippen LogP contribution in [-0.4, -0.2) is 44.1 Å². The molecule has 0 aliphatic carbocycles. The van der Waals surface area contributed by atoms with Gasteiger partial charge in [-0.15, -0.1) is 11.3 Å². The molecule has 0 atom stereocenters. The van der Waals surface area contributed by atoms with E-state index in [0.29, 0.717) is 36.1 Å². The molecule has 1 N–H and O–H groups in total. The van der Waals surface area contributed by atoms with Gasteiger partial charge in [-0.3, -0.25) is 9.59 Å². The summed E-state index contributed by atoms with van der Waals surface area (Å²) in [6.45, 7) is 4.22. The first-order chi connectivity index (χ1) is 17.0. The number of carbonyl (C=O) groups is 3. The average Bonchev–Trinajstić information content (AvgIpc) is 3.34. The van der Waals surface area contributed by atoms with Gasteiger partial charge in [0, 0.05) is 11.8 Å². The molecule has 8 nitrogen and oxygen atoms in total. The second-order valence-corrected chi connectivity index (χ2v) is 8.45. The van der Waals surface area contributed by atoms with Crippen molar-refractivity contribution in [2.75, 3.05) is 26.4 Å². The van der Waals surface area contributed by atoms with E-state index in [1.807, 2.05) is 37.3 Å². The van der Waals surface area contributed by atoms with Gasteiger partial charge in [0.2, 0.25) is 11.7 Å². The quantitative estimate of drug-likeness (QED) is 0.214. The number of carbonyl (C=O) groups excluding carboxylic acids is 3. The summed E-state index contributed by atoms with van der Waals surface area (Å²) >= 11 is 1.25. The minimum atomic E-state index is -0.645. The smallest absolute Gasteiger partial charge is 0.338 e. The number of benzene rings is 2. The largest absolute Gasteiger partial charge is 0.490 e. The Morgan fingerprint density at radius 3 is 2.40 bits per heavy atom. The van der Waals surface area contributed by atoms with Crippen molar-refractivity contribution < 1.29 is 33.3 Å². The van der Waals surface area contributed by atoms with Gasteiger partial charge in [0.05, 0.1) is 23.6 Å². The number of para-hydroxylation sites is 1. The van der Waals surface area contributed by atoms with Crippen molar-refractivity contribution in [3.63, 3.8) is 0 Å². The van der Waals surface area contributed by atoms with Crippen LogP contribution in [-0.2, 0) is 16.1 Å². The fourth-order valence-corrected chi connectivity index (χ4v) is 3.84. The van der Waals surface area contributed by atoms with Crippen molar-refractivity contribution in [3.05, 3.63) is 76.0 Å². The molecule has 0 saturated carbocycles. The third-order valence-electron chi connectivity index (χ3n) is 4.61. The number of ketones is 1. The Labute approximate surface area is 207 Å². The lowest BCUT2D eigenvalue weighted by Crippen LogP contribution is -2.18. The van der Waals surface area contributed by atoms with Crippen LogP contribution in [0.2, 0.25) is 0 Å². The van der Waals surface area contributed by atoms with Crippen molar-refractivity contribution in [2.45, 2.75) is 20.4 Å². The zero-order valence-electron chi connectivity index (χ0n) is 19.6. The number of nitrogens with one attached hydrogen (secondary N) is 1. The van der Waals surface area contributed by atoms with Crippen LogP contribution in [0.25, 0.3) is 0 Å². The summed E-state index contributed by atoms with van der Waals surface area (Å²) in [5.41, 5.74) is 0.242. The molecule has 0 bridgehead atoms. The topological polar surface area (TPSA) is 100 Å². The lowest BCUT2D eigenvalue weighted by atomic mass is 10.2. The van der Waals surface area contributed by atoms with E-state index in [-0.39, 0.29) is 23.9 Å². The molecule has 184 valence electrons. The normalized spacial score (nSPS) is 10.3. The number of amides is 1. The highest BCUT2D eigenvalue weighted by Gasteiger charge is 2.16. The minimum absolute atomic E-state index is 0.149. The summed E-state index contributed by atoms with van der Waals surface area (Å²) in [6.07, 6.45) is 0. The van der Waals surface area contributed by atoms with Crippen molar-refractivity contribution >= 4 is 29.0 Å². The molecular formula is C26H27NO7S. The summed E-state index contributed by atoms with van der Waals surface area (Å²) in [4.78, 5) is 37.2. The predicted octanol–water partition coefficient (Wildman–Crippen LogP) is 4.28. The second kappa shape index (κ2) is 13.1. The van der Waals surface area contributed by atoms with Crippen LogP contribution in [0.1, 0.15) is 38.8 Å². The monoisotopic (exact) mass is 497 g/mol. The first-order valence-corrected chi connectivity index (χ1v) is 11.9. The number of hydrogen-bond donors (Lipinski definition) is 1. The van der Waals surface area contributed by atoms with Crippen molar-refractivity contribution in [1.82, 2.24) is 5.32 Å². The summed E-state index contributed by atoms with van der Waals surface area (Å²) < 4.78 is 22.2. The van der Waals surface area contributed by atoms with E-state index in [4.69, 9.17) is 18.9 Å². The van der Waals surface area contributed by atoms with Gasteiger partial charge in [0.1, 0.15) is 19.0 Å². The van der Waals surface area contributed by atoms with Crippen LogP contribution in [0.15, 0.2) is 60.7 Å². The molecule has 9 heteroatoms. The van der Waals surface area contributed by atoms with Gasteiger partial charge in [-0.25, -0.2) is 4.79 Å². The van der Waals surface area contributed by atoms with E-state index in [1.54, 1.807) is 24.3 Å². The Morgan fingerprint density at radius 1 is 0.886 bits per heavy atom. The van der Waals surface area contributed by atoms with Gasteiger partial charge < -0.3 is 24.3 Å². The molecule has 35 heavy (non-hydrogen) atoms. The first-order valence-electron chi connectivity index (χ1n) is 11.1. The molecule has 0 saturated heterocycles. The van der Waals surface area contributed by atoms with Crippen LogP contribution in [0.5, 0.6) is 17.2 Å². The Kier molecular flexibility index (Phi) is 9.68. The van der Waals surface area contributed by atoms with Crippen LogP contribution in [0.3, 0.4) is 0 Å². The first kappa shape index (κ1) is 25.8. The third kappa shape index (κ3) is 8.15. The average molecular weight is 498 g/mol. The van der Waals surface area contributed by atoms with Crippen LogP contribution >= 0.6 is 11.3 Å². The van der Waals surface area contributed by atoms with Crippen molar-refractivity contribution in [1.29, 1.82) is 0 Å². The summed E-state index contributed by atoms with van der Waals surface area (Å²) in [6, 6.07) is 17.5. The Hall–Kier alpha value is -3.85. The maximum absolute atomic E-state index is 12.5. The lowest BCUT2D eigenvalue weighted by Gasteiger charge is -2.13. The summed E-state index contributed by atoms with van der Waals surface area (Å²) in [5.74, 6) is 0.508. The summed E-state index contributed by atoms with van der Waals surface area (Å²) in [7, 11) is 0. The number of hydrogen-bond acceptors (Lipinski definition) is 8. The molecule has 0 radical (unpaired) electrons. The molecule has 3 rings (SSSR count). The van der Waals surface area contributed by atoms with Gasteiger partial charge in [-0.05, 0) is 49.4 Å². The van der Waals surface area contributed by atoms with Crippen molar-refractivity contribution in [3.8, 4) is 17.2 Å². The zero-order valence-corrected chi connectivity index (χ0v) is 20.4.